The Bertz CT molecular complexity index is 564. The maximum absolute atomic E-state index is 12.2. The minimum absolute atomic E-state index is 0.0941. The van der Waals surface area contributed by atoms with E-state index in [1.165, 1.54) is 11.8 Å². The fourth-order valence-electron chi connectivity index (χ4n) is 1.62. The molecule has 1 atom stereocenters. The molecule has 0 spiro atoms. The molecule has 2 rings (SSSR count). The molecule has 0 N–H and O–H groups in total. The van der Waals surface area contributed by atoms with Crippen molar-refractivity contribution in [1.29, 1.82) is 0 Å². The Labute approximate surface area is 126 Å². The number of rotatable bonds is 4. The van der Waals surface area contributed by atoms with E-state index in [1.807, 2.05) is 31.2 Å². The standard InChI is InChI=1S/C15H12Cl2OS/c1-10(19-14-8-6-13(17)7-9-14)15(18)11-2-4-12(16)5-3-11/h2-10H,1H3/t10-/m1/s1. The number of thioether (sulfide) groups is 1. The number of hydrogen-bond donors (Lipinski definition) is 0. The molecular weight excluding hydrogens is 299 g/mol. The van der Waals surface area contributed by atoms with E-state index in [1.54, 1.807) is 24.3 Å². The summed E-state index contributed by atoms with van der Waals surface area (Å²) in [7, 11) is 0. The minimum atomic E-state index is -0.151. The summed E-state index contributed by atoms with van der Waals surface area (Å²) < 4.78 is 0. The van der Waals surface area contributed by atoms with Crippen LogP contribution in [0.3, 0.4) is 0 Å². The van der Waals surface area contributed by atoms with Crippen molar-refractivity contribution >= 4 is 40.7 Å². The second kappa shape index (κ2) is 6.47. The lowest BCUT2D eigenvalue weighted by atomic mass is 10.1. The second-order valence-electron chi connectivity index (χ2n) is 4.09. The molecule has 0 aliphatic heterocycles. The molecule has 0 heterocycles. The van der Waals surface area contributed by atoms with E-state index >= 15 is 0 Å². The smallest absolute Gasteiger partial charge is 0.175 e. The van der Waals surface area contributed by atoms with Gasteiger partial charge >= 0.3 is 0 Å². The van der Waals surface area contributed by atoms with Gasteiger partial charge in [-0.05, 0) is 55.5 Å². The number of ketones is 1. The molecule has 0 radical (unpaired) electrons. The van der Waals surface area contributed by atoms with Gasteiger partial charge in [0.25, 0.3) is 0 Å². The van der Waals surface area contributed by atoms with Crippen LogP contribution in [-0.2, 0) is 0 Å². The van der Waals surface area contributed by atoms with Crippen LogP contribution >= 0.6 is 35.0 Å². The van der Waals surface area contributed by atoms with Crippen LogP contribution in [0.15, 0.2) is 53.4 Å². The molecule has 4 heteroatoms. The Morgan fingerprint density at radius 3 is 1.95 bits per heavy atom. The van der Waals surface area contributed by atoms with Crippen molar-refractivity contribution in [3.63, 3.8) is 0 Å². The molecule has 0 amide bonds. The quantitative estimate of drug-likeness (QED) is 0.559. The first-order chi connectivity index (χ1) is 9.06. The maximum atomic E-state index is 12.2. The van der Waals surface area contributed by atoms with E-state index in [0.717, 1.165) is 4.90 Å². The topological polar surface area (TPSA) is 17.1 Å². The van der Waals surface area contributed by atoms with Crippen LogP contribution in [-0.4, -0.2) is 11.0 Å². The van der Waals surface area contributed by atoms with E-state index in [9.17, 15) is 4.79 Å². The van der Waals surface area contributed by atoms with Gasteiger partial charge in [-0.25, -0.2) is 0 Å². The Kier molecular flexibility index (Phi) is 4.92. The summed E-state index contributed by atoms with van der Waals surface area (Å²) in [5.74, 6) is 0.0941. The van der Waals surface area contributed by atoms with E-state index in [4.69, 9.17) is 23.2 Å². The Hall–Kier alpha value is -0.960. The van der Waals surface area contributed by atoms with Crippen molar-refractivity contribution in [2.75, 3.05) is 0 Å². The van der Waals surface area contributed by atoms with Crippen LogP contribution in [0.4, 0.5) is 0 Å². The zero-order chi connectivity index (χ0) is 13.8. The van der Waals surface area contributed by atoms with Crippen LogP contribution in [0, 0.1) is 0 Å². The maximum Gasteiger partial charge on any atom is 0.175 e. The highest BCUT2D eigenvalue weighted by molar-refractivity contribution is 8.00. The number of halogens is 2. The van der Waals surface area contributed by atoms with Crippen molar-refractivity contribution in [3.05, 3.63) is 64.1 Å². The normalized spacial score (nSPS) is 12.2. The van der Waals surface area contributed by atoms with E-state index < -0.39 is 0 Å². The predicted octanol–water partition coefficient (Wildman–Crippen LogP) is 5.36. The first kappa shape index (κ1) is 14.4. The first-order valence-electron chi connectivity index (χ1n) is 5.78. The molecule has 0 aromatic heterocycles. The zero-order valence-electron chi connectivity index (χ0n) is 10.3. The average Bonchev–Trinajstić information content (AvgIpc) is 2.41. The van der Waals surface area contributed by atoms with Crippen LogP contribution in [0.5, 0.6) is 0 Å². The fraction of sp³-hybridized carbons (Fsp3) is 0.133. The summed E-state index contributed by atoms with van der Waals surface area (Å²) in [6.45, 7) is 1.90. The van der Waals surface area contributed by atoms with Gasteiger partial charge in [-0.15, -0.1) is 11.8 Å². The van der Waals surface area contributed by atoms with Gasteiger partial charge in [0, 0.05) is 20.5 Å². The fourth-order valence-corrected chi connectivity index (χ4v) is 2.82. The molecule has 2 aromatic carbocycles. The van der Waals surface area contributed by atoms with Crippen molar-refractivity contribution in [2.45, 2.75) is 17.1 Å². The van der Waals surface area contributed by atoms with Gasteiger partial charge in [0.1, 0.15) is 0 Å². The summed E-state index contributed by atoms with van der Waals surface area (Å²) >= 11 is 13.2. The van der Waals surface area contributed by atoms with Gasteiger partial charge in [0.2, 0.25) is 0 Å². The average molecular weight is 311 g/mol. The molecule has 0 bridgehead atoms. The SMILES string of the molecule is C[C@@H](Sc1ccc(Cl)cc1)C(=O)c1ccc(Cl)cc1. The monoisotopic (exact) mass is 310 g/mol. The van der Waals surface area contributed by atoms with Gasteiger partial charge in [-0.3, -0.25) is 4.79 Å². The number of carbonyl (C=O) groups is 1. The molecular formula is C15H12Cl2OS. The third kappa shape index (κ3) is 4.00. The van der Waals surface area contributed by atoms with Gasteiger partial charge in [0.15, 0.2) is 5.78 Å². The van der Waals surface area contributed by atoms with Gasteiger partial charge in [-0.2, -0.15) is 0 Å². The van der Waals surface area contributed by atoms with Crippen molar-refractivity contribution < 1.29 is 4.79 Å². The molecule has 98 valence electrons. The van der Waals surface area contributed by atoms with Crippen LogP contribution in [0.2, 0.25) is 10.0 Å². The van der Waals surface area contributed by atoms with Crippen molar-refractivity contribution in [1.82, 2.24) is 0 Å². The molecule has 19 heavy (non-hydrogen) atoms. The largest absolute Gasteiger partial charge is 0.293 e. The summed E-state index contributed by atoms with van der Waals surface area (Å²) in [5, 5.41) is 1.18. The molecule has 0 aliphatic rings. The van der Waals surface area contributed by atoms with Gasteiger partial charge in [0.05, 0.1) is 5.25 Å². The Balaban J connectivity index is 2.07. The van der Waals surface area contributed by atoms with Crippen LogP contribution in [0.25, 0.3) is 0 Å². The van der Waals surface area contributed by atoms with Crippen LogP contribution in [0.1, 0.15) is 17.3 Å². The number of Topliss-reactive ketones (excluding diaryl/α,β-unsaturated/α-hetero) is 1. The lowest BCUT2D eigenvalue weighted by molar-refractivity contribution is 0.0994. The molecule has 0 unspecified atom stereocenters. The lowest BCUT2D eigenvalue weighted by Crippen LogP contribution is -2.13. The Morgan fingerprint density at radius 1 is 0.947 bits per heavy atom. The zero-order valence-corrected chi connectivity index (χ0v) is 12.6. The molecule has 0 saturated carbocycles. The highest BCUT2D eigenvalue weighted by Crippen LogP contribution is 2.27. The van der Waals surface area contributed by atoms with Crippen molar-refractivity contribution in [2.24, 2.45) is 0 Å². The lowest BCUT2D eigenvalue weighted by Gasteiger charge is -2.10. The third-order valence-corrected chi connectivity index (χ3v) is 4.24. The molecule has 0 aliphatic carbocycles. The molecule has 2 aromatic rings. The predicted molar refractivity (Wildman–Crippen MR) is 82.6 cm³/mol. The van der Waals surface area contributed by atoms with Crippen LogP contribution < -0.4 is 0 Å². The van der Waals surface area contributed by atoms with Crippen molar-refractivity contribution in [3.8, 4) is 0 Å². The number of hydrogen-bond acceptors (Lipinski definition) is 2. The number of benzene rings is 2. The van der Waals surface area contributed by atoms with E-state index in [0.29, 0.717) is 15.6 Å². The van der Waals surface area contributed by atoms with E-state index in [-0.39, 0.29) is 11.0 Å². The van der Waals surface area contributed by atoms with Gasteiger partial charge < -0.3 is 0 Å². The third-order valence-electron chi connectivity index (χ3n) is 2.62. The molecule has 0 fully saturated rings. The Morgan fingerprint density at radius 2 is 1.42 bits per heavy atom. The van der Waals surface area contributed by atoms with E-state index in [2.05, 4.69) is 0 Å². The summed E-state index contributed by atoms with van der Waals surface area (Å²) in [6, 6.07) is 14.4. The highest BCUT2D eigenvalue weighted by atomic mass is 35.5. The minimum Gasteiger partial charge on any atom is -0.293 e. The highest BCUT2D eigenvalue weighted by Gasteiger charge is 2.16. The molecule has 0 saturated heterocycles. The van der Waals surface area contributed by atoms with Gasteiger partial charge in [-0.1, -0.05) is 23.2 Å². The summed E-state index contributed by atoms with van der Waals surface area (Å²) in [5.41, 5.74) is 0.679. The summed E-state index contributed by atoms with van der Waals surface area (Å²) in [4.78, 5) is 13.3. The second-order valence-corrected chi connectivity index (χ2v) is 6.37. The number of carbonyl (C=O) groups excluding carboxylic acids is 1. The summed E-state index contributed by atoms with van der Waals surface area (Å²) in [6.07, 6.45) is 0. The first-order valence-corrected chi connectivity index (χ1v) is 7.42. The molecule has 1 nitrogen and oxygen atoms in total.